The molecule has 2 rings (SSSR count). The first-order valence-electron chi connectivity index (χ1n) is 3.42. The van der Waals surface area contributed by atoms with Crippen LogP contribution in [0.2, 0.25) is 0 Å². The van der Waals surface area contributed by atoms with Gasteiger partial charge in [-0.05, 0) is 6.08 Å². The van der Waals surface area contributed by atoms with Gasteiger partial charge in [0.15, 0.2) is 5.82 Å². The Morgan fingerprint density at radius 3 is 3.09 bits per heavy atom. The summed E-state index contributed by atoms with van der Waals surface area (Å²) in [5, 5.41) is 10.2. The third kappa shape index (κ3) is 1.14. The van der Waals surface area contributed by atoms with Crippen molar-refractivity contribution in [2.45, 2.75) is 0 Å². The molecule has 1 aliphatic rings. The van der Waals surface area contributed by atoms with E-state index in [1.54, 1.807) is 6.20 Å². The number of rotatable bonds is 1. The second-order valence-electron chi connectivity index (χ2n) is 2.25. The van der Waals surface area contributed by atoms with Crippen LogP contribution in [0.15, 0.2) is 30.6 Å². The quantitative estimate of drug-likeness (QED) is 0.637. The minimum Gasteiger partial charge on any atom is -0.326 e. The third-order valence-corrected chi connectivity index (χ3v) is 1.51. The van der Waals surface area contributed by atoms with Gasteiger partial charge in [0.2, 0.25) is 0 Å². The van der Waals surface area contributed by atoms with E-state index in [0.717, 1.165) is 12.4 Å². The van der Waals surface area contributed by atoms with E-state index in [4.69, 9.17) is 0 Å². The Kier molecular flexibility index (Phi) is 1.44. The number of hydrogen-bond donors (Lipinski definition) is 1. The largest absolute Gasteiger partial charge is 0.326 e. The summed E-state index contributed by atoms with van der Waals surface area (Å²) in [4.78, 5) is 2.00. The van der Waals surface area contributed by atoms with Crippen molar-refractivity contribution >= 4 is 5.82 Å². The van der Waals surface area contributed by atoms with Gasteiger partial charge in [-0.15, -0.1) is 5.10 Å². The highest BCUT2D eigenvalue weighted by atomic mass is 15.4. The lowest BCUT2D eigenvalue weighted by atomic mass is 10.3. The first-order chi connectivity index (χ1) is 5.47. The molecule has 2 heterocycles. The SMILES string of the molecule is C1=CCN(c2cn[nH]n2)C=C1. The molecule has 0 unspecified atom stereocenters. The van der Waals surface area contributed by atoms with Crippen LogP contribution in [0.3, 0.4) is 0 Å². The molecule has 1 N–H and O–H groups in total. The van der Waals surface area contributed by atoms with Gasteiger partial charge >= 0.3 is 0 Å². The lowest BCUT2D eigenvalue weighted by Crippen LogP contribution is -2.17. The second-order valence-corrected chi connectivity index (χ2v) is 2.25. The van der Waals surface area contributed by atoms with Crippen molar-refractivity contribution in [3.63, 3.8) is 0 Å². The average Bonchev–Trinajstić information content (AvgIpc) is 2.58. The Labute approximate surface area is 64.2 Å². The highest BCUT2D eigenvalue weighted by Gasteiger charge is 2.04. The molecule has 56 valence electrons. The first kappa shape index (κ1) is 6.15. The fourth-order valence-electron chi connectivity index (χ4n) is 0.971. The third-order valence-electron chi connectivity index (χ3n) is 1.51. The highest BCUT2D eigenvalue weighted by Crippen LogP contribution is 2.09. The van der Waals surface area contributed by atoms with E-state index in [1.807, 2.05) is 23.3 Å². The summed E-state index contributed by atoms with van der Waals surface area (Å²) in [6, 6.07) is 0. The smallest absolute Gasteiger partial charge is 0.175 e. The summed E-state index contributed by atoms with van der Waals surface area (Å²) in [5.41, 5.74) is 0. The fourth-order valence-corrected chi connectivity index (χ4v) is 0.971. The van der Waals surface area contributed by atoms with Gasteiger partial charge < -0.3 is 4.90 Å². The van der Waals surface area contributed by atoms with Crippen LogP contribution < -0.4 is 4.90 Å². The molecule has 0 aromatic carbocycles. The Morgan fingerprint density at radius 1 is 1.45 bits per heavy atom. The zero-order valence-corrected chi connectivity index (χ0v) is 5.94. The van der Waals surface area contributed by atoms with E-state index >= 15 is 0 Å². The highest BCUT2D eigenvalue weighted by molar-refractivity contribution is 5.42. The molecule has 11 heavy (non-hydrogen) atoms. The van der Waals surface area contributed by atoms with E-state index in [0.29, 0.717) is 0 Å². The molecule has 0 amide bonds. The van der Waals surface area contributed by atoms with Crippen molar-refractivity contribution in [1.29, 1.82) is 0 Å². The summed E-state index contributed by atoms with van der Waals surface area (Å²) >= 11 is 0. The van der Waals surface area contributed by atoms with Crippen LogP contribution in [0.5, 0.6) is 0 Å². The molecule has 1 aromatic heterocycles. The molecular weight excluding hydrogens is 140 g/mol. The second kappa shape index (κ2) is 2.57. The van der Waals surface area contributed by atoms with Gasteiger partial charge in [-0.25, -0.2) is 0 Å². The average molecular weight is 148 g/mol. The van der Waals surface area contributed by atoms with Gasteiger partial charge in [0.1, 0.15) is 0 Å². The lowest BCUT2D eigenvalue weighted by Gasteiger charge is -2.15. The van der Waals surface area contributed by atoms with E-state index < -0.39 is 0 Å². The van der Waals surface area contributed by atoms with Crippen molar-refractivity contribution in [3.05, 3.63) is 30.6 Å². The normalized spacial score (nSPS) is 15.8. The summed E-state index contributed by atoms with van der Waals surface area (Å²) in [6.45, 7) is 0.864. The molecular formula is C7H8N4. The lowest BCUT2D eigenvalue weighted by molar-refractivity contribution is 0.923. The predicted octanol–water partition coefficient (Wildman–Crippen LogP) is 0.695. The minimum atomic E-state index is 0.852. The van der Waals surface area contributed by atoms with Crippen molar-refractivity contribution < 1.29 is 0 Å². The molecule has 0 aliphatic carbocycles. The molecule has 0 radical (unpaired) electrons. The Balaban J connectivity index is 2.19. The van der Waals surface area contributed by atoms with E-state index in [9.17, 15) is 0 Å². The fraction of sp³-hybridized carbons (Fsp3) is 0.143. The summed E-state index contributed by atoms with van der Waals surface area (Å²) in [6.07, 6.45) is 9.71. The van der Waals surface area contributed by atoms with Crippen LogP contribution in [0, 0.1) is 0 Å². The van der Waals surface area contributed by atoms with Crippen molar-refractivity contribution in [2.75, 3.05) is 11.4 Å². The maximum Gasteiger partial charge on any atom is 0.175 e. The number of aromatic amines is 1. The maximum absolute atomic E-state index is 3.94. The molecule has 1 aliphatic heterocycles. The molecule has 0 atom stereocenters. The number of H-pyrrole nitrogens is 1. The van der Waals surface area contributed by atoms with Crippen LogP contribution in [0.4, 0.5) is 5.82 Å². The molecule has 4 heteroatoms. The number of nitrogens with zero attached hydrogens (tertiary/aromatic N) is 3. The maximum atomic E-state index is 3.94. The van der Waals surface area contributed by atoms with Crippen LogP contribution in [-0.2, 0) is 0 Å². The van der Waals surface area contributed by atoms with Crippen molar-refractivity contribution in [1.82, 2.24) is 15.4 Å². The van der Waals surface area contributed by atoms with E-state index in [2.05, 4.69) is 21.5 Å². The molecule has 0 saturated carbocycles. The van der Waals surface area contributed by atoms with Gasteiger partial charge in [-0.1, -0.05) is 12.2 Å². The zero-order chi connectivity index (χ0) is 7.52. The summed E-state index contributed by atoms with van der Waals surface area (Å²) in [7, 11) is 0. The van der Waals surface area contributed by atoms with Crippen LogP contribution in [-0.4, -0.2) is 22.0 Å². The van der Waals surface area contributed by atoms with Gasteiger partial charge in [-0.3, -0.25) is 0 Å². The number of hydrogen-bond acceptors (Lipinski definition) is 3. The monoisotopic (exact) mass is 148 g/mol. The molecule has 0 saturated heterocycles. The van der Waals surface area contributed by atoms with Gasteiger partial charge in [0.05, 0.1) is 6.20 Å². The standard InChI is InChI=1S/C7H8N4/c1-2-4-11(5-3-1)7-6-8-10-9-7/h1-4,6H,5H2,(H,8,9,10). The first-order valence-corrected chi connectivity index (χ1v) is 3.42. The Hall–Kier alpha value is -1.58. The zero-order valence-electron chi connectivity index (χ0n) is 5.94. The minimum absolute atomic E-state index is 0.852. The van der Waals surface area contributed by atoms with Crippen LogP contribution in [0.25, 0.3) is 0 Å². The van der Waals surface area contributed by atoms with Crippen LogP contribution in [0.1, 0.15) is 0 Å². The molecule has 1 aromatic rings. The molecule has 0 spiro atoms. The summed E-state index contributed by atoms with van der Waals surface area (Å²) < 4.78 is 0. The Bertz CT molecular complexity index is 273. The van der Waals surface area contributed by atoms with Crippen LogP contribution >= 0.6 is 0 Å². The van der Waals surface area contributed by atoms with Crippen molar-refractivity contribution in [2.24, 2.45) is 0 Å². The van der Waals surface area contributed by atoms with E-state index in [1.165, 1.54) is 0 Å². The van der Waals surface area contributed by atoms with Gasteiger partial charge in [0.25, 0.3) is 0 Å². The number of nitrogens with one attached hydrogen (secondary N) is 1. The number of aromatic nitrogens is 3. The molecule has 4 nitrogen and oxygen atoms in total. The summed E-state index contributed by atoms with van der Waals surface area (Å²) in [5.74, 6) is 0.852. The molecule has 0 bridgehead atoms. The van der Waals surface area contributed by atoms with Gasteiger partial charge in [-0.2, -0.15) is 10.3 Å². The van der Waals surface area contributed by atoms with Gasteiger partial charge in [0, 0.05) is 12.7 Å². The number of allylic oxidation sites excluding steroid dienone is 2. The number of anilines is 1. The topological polar surface area (TPSA) is 44.8 Å². The Morgan fingerprint density at radius 2 is 2.45 bits per heavy atom. The predicted molar refractivity (Wildman–Crippen MR) is 42.0 cm³/mol. The van der Waals surface area contributed by atoms with Crippen molar-refractivity contribution in [3.8, 4) is 0 Å². The van der Waals surface area contributed by atoms with E-state index in [-0.39, 0.29) is 0 Å². The molecule has 0 fully saturated rings.